The summed E-state index contributed by atoms with van der Waals surface area (Å²) >= 11 is 0. The number of benzene rings is 2. The zero-order valence-electron chi connectivity index (χ0n) is 22.7. The number of H-pyrrole nitrogens is 1. The van der Waals surface area contributed by atoms with Gasteiger partial charge in [-0.2, -0.15) is 0 Å². The average molecular weight is 550 g/mol. The van der Waals surface area contributed by atoms with Gasteiger partial charge in [0.15, 0.2) is 0 Å². The molecule has 0 spiro atoms. The average Bonchev–Trinajstić information content (AvgIpc) is 3.39. The van der Waals surface area contributed by atoms with E-state index in [0.717, 1.165) is 48.9 Å². The molecule has 2 atom stereocenters. The molecule has 4 aromatic rings. The van der Waals surface area contributed by atoms with Gasteiger partial charge in [-0.15, -0.1) is 0 Å². The van der Waals surface area contributed by atoms with Crippen LogP contribution < -0.4 is 10.6 Å². The molecule has 4 aliphatic rings. The molecule has 208 valence electrons. The maximum atomic E-state index is 13.6. The minimum absolute atomic E-state index is 0.0422. The van der Waals surface area contributed by atoms with Crippen molar-refractivity contribution in [2.24, 2.45) is 23.2 Å². The number of carbonyl (C=O) groups excluding carboxylic acids is 3. The van der Waals surface area contributed by atoms with Crippen LogP contribution in [0, 0.1) is 23.2 Å². The fraction of sp³-hybridized carbons (Fsp3) is 0.344. The molecule has 4 bridgehead atoms. The third-order valence-corrected chi connectivity index (χ3v) is 9.04. The minimum Gasteiger partial charge on any atom is -0.462 e. The van der Waals surface area contributed by atoms with Gasteiger partial charge in [-0.05, 0) is 104 Å². The Morgan fingerprint density at radius 2 is 1.73 bits per heavy atom. The van der Waals surface area contributed by atoms with Crippen LogP contribution in [0.5, 0.6) is 0 Å². The van der Waals surface area contributed by atoms with Gasteiger partial charge in [0.2, 0.25) is 5.91 Å². The highest BCUT2D eigenvalue weighted by molar-refractivity contribution is 6.05. The molecule has 4 saturated carbocycles. The number of ether oxygens (including phenoxy) is 1. The van der Waals surface area contributed by atoms with Crippen molar-refractivity contribution in [3.05, 3.63) is 72.4 Å². The molecule has 4 aliphatic carbocycles. The van der Waals surface area contributed by atoms with E-state index in [1.54, 1.807) is 30.5 Å². The van der Waals surface area contributed by atoms with E-state index in [4.69, 9.17) is 9.72 Å². The molecule has 9 heteroatoms. The number of esters is 1. The molecule has 8 rings (SSSR count). The number of aromatic amines is 1. The second-order valence-corrected chi connectivity index (χ2v) is 11.8. The first-order chi connectivity index (χ1) is 19.8. The molecule has 41 heavy (non-hydrogen) atoms. The van der Waals surface area contributed by atoms with Gasteiger partial charge in [-0.3, -0.25) is 14.4 Å². The third-order valence-electron chi connectivity index (χ3n) is 9.04. The Balaban J connectivity index is 1.04. The number of hydrogen-bond donors (Lipinski definition) is 3. The van der Waals surface area contributed by atoms with Gasteiger partial charge in [0.1, 0.15) is 17.7 Å². The van der Waals surface area contributed by atoms with Crippen LogP contribution in [0.1, 0.15) is 49.4 Å². The molecule has 2 amide bonds. The van der Waals surface area contributed by atoms with Crippen LogP contribution in [0.15, 0.2) is 66.9 Å². The highest BCUT2D eigenvalue weighted by atomic mass is 16.5. The first-order valence-electron chi connectivity index (χ1n) is 14.2. The summed E-state index contributed by atoms with van der Waals surface area (Å²) in [5, 5.41) is 5.96. The van der Waals surface area contributed by atoms with Gasteiger partial charge in [0, 0.05) is 29.9 Å². The number of hydrogen-bond acceptors (Lipinski definition) is 6. The van der Waals surface area contributed by atoms with Gasteiger partial charge >= 0.3 is 5.97 Å². The number of pyridine rings is 1. The highest BCUT2D eigenvalue weighted by Crippen LogP contribution is 2.61. The van der Waals surface area contributed by atoms with Crippen molar-refractivity contribution in [1.29, 1.82) is 0 Å². The minimum atomic E-state index is -0.384. The summed E-state index contributed by atoms with van der Waals surface area (Å²) in [5.74, 6) is 1.84. The zero-order chi connectivity index (χ0) is 28.1. The molecule has 3 N–H and O–H groups in total. The lowest BCUT2D eigenvalue weighted by Gasteiger charge is -2.58. The first-order valence-corrected chi connectivity index (χ1v) is 14.2. The second-order valence-electron chi connectivity index (χ2n) is 11.8. The first kappa shape index (κ1) is 25.4. The number of imidazole rings is 1. The monoisotopic (exact) mass is 549 g/mol. The Morgan fingerprint density at radius 3 is 2.44 bits per heavy atom. The van der Waals surface area contributed by atoms with E-state index in [0.29, 0.717) is 28.6 Å². The summed E-state index contributed by atoms with van der Waals surface area (Å²) in [5.41, 5.74) is 3.22. The fourth-order valence-electron chi connectivity index (χ4n) is 7.52. The Kier molecular flexibility index (Phi) is 6.10. The summed E-state index contributed by atoms with van der Waals surface area (Å²) in [6.45, 7) is 1.48. The SMILES string of the molecule is CC(=O)OC1C2CC3CC1CC(C(=O)Nc1ccc(-c4nc5cc(C(=O)Nc6ccccn6)ccc5[nH]4)cc1)(C3)C2. The Morgan fingerprint density at radius 1 is 0.951 bits per heavy atom. The molecule has 2 aromatic heterocycles. The molecule has 0 aliphatic heterocycles. The maximum Gasteiger partial charge on any atom is 0.302 e. The van der Waals surface area contributed by atoms with Crippen LogP contribution in [0.2, 0.25) is 0 Å². The van der Waals surface area contributed by atoms with Crippen LogP contribution in [-0.4, -0.2) is 38.8 Å². The quantitative estimate of drug-likeness (QED) is 0.270. The van der Waals surface area contributed by atoms with E-state index in [1.807, 2.05) is 36.4 Å². The zero-order valence-corrected chi connectivity index (χ0v) is 22.7. The van der Waals surface area contributed by atoms with Crippen molar-refractivity contribution < 1.29 is 19.1 Å². The van der Waals surface area contributed by atoms with Gasteiger partial charge in [0.05, 0.1) is 16.4 Å². The number of carbonyl (C=O) groups is 3. The normalized spacial score (nSPS) is 26.1. The summed E-state index contributed by atoms with van der Waals surface area (Å²) in [4.78, 5) is 50.1. The molecule has 9 nitrogen and oxygen atoms in total. The van der Waals surface area contributed by atoms with Gasteiger partial charge in [-0.25, -0.2) is 9.97 Å². The van der Waals surface area contributed by atoms with Crippen LogP contribution in [0.3, 0.4) is 0 Å². The van der Waals surface area contributed by atoms with E-state index in [9.17, 15) is 14.4 Å². The topological polar surface area (TPSA) is 126 Å². The Hall–Kier alpha value is -4.53. The highest BCUT2D eigenvalue weighted by Gasteiger charge is 2.59. The smallest absolute Gasteiger partial charge is 0.302 e. The number of amides is 2. The van der Waals surface area contributed by atoms with Crippen molar-refractivity contribution >= 4 is 40.3 Å². The Labute approximate surface area is 237 Å². The van der Waals surface area contributed by atoms with Gasteiger partial charge in [0.25, 0.3) is 5.91 Å². The van der Waals surface area contributed by atoms with Crippen molar-refractivity contribution in [2.75, 3.05) is 10.6 Å². The molecule has 0 saturated heterocycles. The molecule has 0 radical (unpaired) electrons. The fourth-order valence-corrected chi connectivity index (χ4v) is 7.52. The van der Waals surface area contributed by atoms with Crippen molar-refractivity contribution in [1.82, 2.24) is 15.0 Å². The maximum absolute atomic E-state index is 13.6. The molecular weight excluding hydrogens is 518 g/mol. The van der Waals surface area contributed by atoms with Gasteiger partial charge < -0.3 is 20.4 Å². The van der Waals surface area contributed by atoms with Crippen LogP contribution in [0.25, 0.3) is 22.4 Å². The standard InChI is InChI=1S/C32H31N5O4/c1-18(38)41-28-22-12-19-13-23(28)17-32(15-19,16-22)31(40)34-24-8-5-20(6-9-24)29-35-25-10-7-21(14-26(25)36-29)30(39)37-27-4-2-3-11-33-27/h2-11,14,19,22-23,28H,12-13,15-17H2,1H3,(H,34,40)(H,35,36)(H,33,37,39). The summed E-state index contributed by atoms with van der Waals surface area (Å²) in [6.07, 6.45) is 6.15. The largest absolute Gasteiger partial charge is 0.462 e. The lowest BCUT2D eigenvalue weighted by Crippen LogP contribution is -2.58. The molecule has 2 heterocycles. The summed E-state index contributed by atoms with van der Waals surface area (Å²) < 4.78 is 5.69. The number of nitrogens with zero attached hydrogens (tertiary/aromatic N) is 2. The molecule has 2 unspecified atom stereocenters. The van der Waals surface area contributed by atoms with Crippen molar-refractivity contribution in [2.45, 2.75) is 45.1 Å². The van der Waals surface area contributed by atoms with E-state index in [2.05, 4.69) is 20.6 Å². The number of aromatic nitrogens is 3. The lowest BCUT2D eigenvalue weighted by atomic mass is 9.48. The lowest BCUT2D eigenvalue weighted by molar-refractivity contribution is -0.181. The van der Waals surface area contributed by atoms with Crippen molar-refractivity contribution in [3.63, 3.8) is 0 Å². The van der Waals surface area contributed by atoms with Crippen molar-refractivity contribution in [3.8, 4) is 11.4 Å². The number of anilines is 2. The van der Waals surface area contributed by atoms with Crippen LogP contribution in [0.4, 0.5) is 11.5 Å². The van der Waals surface area contributed by atoms with E-state index < -0.39 is 0 Å². The Bertz CT molecular complexity index is 1630. The number of fused-ring (bicyclic) bond motifs is 1. The van der Waals surface area contributed by atoms with E-state index in [1.165, 1.54) is 6.92 Å². The molecule has 4 fully saturated rings. The van der Waals surface area contributed by atoms with Gasteiger partial charge in [-0.1, -0.05) is 6.07 Å². The molecule has 2 aromatic carbocycles. The predicted molar refractivity (Wildman–Crippen MR) is 154 cm³/mol. The predicted octanol–water partition coefficient (Wildman–Crippen LogP) is 5.57. The molecular formula is C32H31N5O4. The summed E-state index contributed by atoms with van der Waals surface area (Å²) in [7, 11) is 0. The van der Waals surface area contributed by atoms with Crippen LogP contribution in [-0.2, 0) is 14.3 Å². The van der Waals surface area contributed by atoms with E-state index in [-0.39, 0.29) is 41.1 Å². The second kappa shape index (κ2) is 9.83. The van der Waals surface area contributed by atoms with Crippen LogP contribution >= 0.6 is 0 Å². The number of rotatable bonds is 6. The number of nitrogens with one attached hydrogen (secondary N) is 3. The third kappa shape index (κ3) is 4.75. The summed E-state index contributed by atoms with van der Waals surface area (Å²) in [6, 6.07) is 18.3. The van der Waals surface area contributed by atoms with E-state index >= 15 is 0 Å².